The zero-order valence-electron chi connectivity index (χ0n) is 34.2. The first-order valence-corrected chi connectivity index (χ1v) is 21.0. The van der Waals surface area contributed by atoms with Gasteiger partial charge in [-0.05, 0) is 107 Å². The number of esters is 1. The zero-order chi connectivity index (χ0) is 40.3. The molecule has 4 rings (SSSR count). The molecule has 1 saturated carbocycles. The Morgan fingerprint density at radius 3 is 2.33 bits per heavy atom. The Labute approximate surface area is 328 Å². The molecule has 11 nitrogen and oxygen atoms in total. The number of carbonyl (C=O) groups excluding carboxylic acids is 4. The maximum atomic E-state index is 14.1. The van der Waals surface area contributed by atoms with E-state index in [-0.39, 0.29) is 55.1 Å². The lowest BCUT2D eigenvalue weighted by molar-refractivity contribution is -0.265. The first-order chi connectivity index (χ1) is 26.1. The standard InChI is InChI=1S/C44H69NO10/c1-28-12-8-7-9-13-30(3)39(53-6)27-36-22-17-32(5)44(52,55-36)41(49)42(50)45-23-11-10-14-37(45)43(51)54-40(26-35(47)25-38(48)29(2)16-15-28)31(4)24-33-18-20-34(46)21-19-33/h7-9,12-13,28-29,31-37,39-40,46-47,52H,10-11,14-27H2,1-6H3/b9-7+,12-8+,30-13?/t28-,29-,31-,32-,33?,34?,35+,36+,37+,39+,40?,44-/m1/s1. The van der Waals surface area contributed by atoms with E-state index in [1.165, 1.54) is 4.90 Å². The molecule has 3 aliphatic heterocycles. The predicted molar refractivity (Wildman–Crippen MR) is 209 cm³/mol. The predicted octanol–water partition coefficient (Wildman–Crippen LogP) is 6.17. The van der Waals surface area contributed by atoms with Crippen LogP contribution in [0.5, 0.6) is 0 Å². The van der Waals surface area contributed by atoms with Crippen LogP contribution in [0.4, 0.5) is 0 Å². The van der Waals surface area contributed by atoms with Gasteiger partial charge in [-0.1, -0.05) is 58.1 Å². The number of carbonyl (C=O) groups is 4. The van der Waals surface area contributed by atoms with Gasteiger partial charge in [-0.3, -0.25) is 14.4 Å². The van der Waals surface area contributed by atoms with Crippen LogP contribution in [0, 0.1) is 29.6 Å². The minimum absolute atomic E-state index is 0.0424. The Balaban J connectivity index is 1.62. The van der Waals surface area contributed by atoms with Crippen LogP contribution in [-0.2, 0) is 33.4 Å². The molecule has 2 bridgehead atoms. The molecule has 0 radical (unpaired) electrons. The van der Waals surface area contributed by atoms with Gasteiger partial charge in [0, 0.05) is 44.8 Å². The number of aliphatic hydroxyl groups excluding tert-OH is 2. The summed E-state index contributed by atoms with van der Waals surface area (Å²) >= 11 is 0. The number of hydrogen-bond donors (Lipinski definition) is 3. The molecule has 2 saturated heterocycles. The summed E-state index contributed by atoms with van der Waals surface area (Å²) in [5.74, 6) is -5.65. The Hall–Kier alpha value is -2.70. The topological polar surface area (TPSA) is 160 Å². The second-order valence-corrected chi connectivity index (χ2v) is 17.3. The molecule has 0 aromatic rings. The van der Waals surface area contributed by atoms with E-state index >= 15 is 0 Å². The van der Waals surface area contributed by atoms with Crippen molar-refractivity contribution >= 4 is 23.4 Å². The number of hydrogen-bond acceptors (Lipinski definition) is 10. The molecule has 11 heteroatoms. The molecule has 0 spiro atoms. The molecule has 3 heterocycles. The van der Waals surface area contributed by atoms with Crippen molar-refractivity contribution in [1.29, 1.82) is 0 Å². The van der Waals surface area contributed by atoms with Crippen LogP contribution in [0.1, 0.15) is 131 Å². The fourth-order valence-corrected chi connectivity index (χ4v) is 8.78. The molecule has 10 atom stereocenters. The largest absolute Gasteiger partial charge is 0.460 e. The molecule has 4 aliphatic rings. The highest BCUT2D eigenvalue weighted by Crippen LogP contribution is 2.37. The van der Waals surface area contributed by atoms with Gasteiger partial charge in [-0.25, -0.2) is 4.79 Å². The second kappa shape index (κ2) is 21.2. The van der Waals surface area contributed by atoms with Gasteiger partial charge in [0.1, 0.15) is 17.9 Å². The third-order valence-corrected chi connectivity index (χ3v) is 12.8. The van der Waals surface area contributed by atoms with Crippen molar-refractivity contribution in [3.05, 3.63) is 36.0 Å². The van der Waals surface area contributed by atoms with Crippen LogP contribution in [-0.4, -0.2) is 99.7 Å². The van der Waals surface area contributed by atoms with Gasteiger partial charge in [0.2, 0.25) is 5.79 Å². The monoisotopic (exact) mass is 771 g/mol. The van der Waals surface area contributed by atoms with Crippen LogP contribution >= 0.6 is 0 Å². The van der Waals surface area contributed by atoms with Crippen LogP contribution < -0.4 is 0 Å². The number of ketones is 2. The minimum Gasteiger partial charge on any atom is -0.460 e. The average Bonchev–Trinajstić information content (AvgIpc) is 3.16. The van der Waals surface area contributed by atoms with Crippen molar-refractivity contribution in [1.82, 2.24) is 4.90 Å². The number of Topliss-reactive ketones (excluding diaryl/α,β-unsaturated/α-hetero) is 2. The van der Waals surface area contributed by atoms with Gasteiger partial charge in [0.05, 0.1) is 24.4 Å². The van der Waals surface area contributed by atoms with E-state index in [2.05, 4.69) is 13.0 Å². The van der Waals surface area contributed by atoms with Crippen molar-refractivity contribution in [3.63, 3.8) is 0 Å². The first-order valence-electron chi connectivity index (χ1n) is 21.0. The number of cyclic esters (lactones) is 1. The fraction of sp³-hybridized carbons (Fsp3) is 0.773. The highest BCUT2D eigenvalue weighted by molar-refractivity contribution is 6.39. The molecule has 310 valence electrons. The summed E-state index contributed by atoms with van der Waals surface area (Å²) in [7, 11) is 1.60. The summed E-state index contributed by atoms with van der Waals surface area (Å²) in [6, 6.07) is -1.05. The number of nitrogens with zero attached hydrogens (tertiary/aromatic N) is 1. The van der Waals surface area contributed by atoms with E-state index in [1.54, 1.807) is 14.0 Å². The summed E-state index contributed by atoms with van der Waals surface area (Å²) in [5, 5.41) is 33.1. The van der Waals surface area contributed by atoms with Crippen molar-refractivity contribution in [2.45, 2.75) is 173 Å². The van der Waals surface area contributed by atoms with Crippen molar-refractivity contribution in [3.8, 4) is 0 Å². The lowest BCUT2D eigenvalue weighted by Gasteiger charge is -2.42. The smallest absolute Gasteiger partial charge is 0.329 e. The van der Waals surface area contributed by atoms with Crippen LogP contribution in [0.2, 0.25) is 0 Å². The number of piperidine rings is 1. The third-order valence-electron chi connectivity index (χ3n) is 12.8. The van der Waals surface area contributed by atoms with Gasteiger partial charge in [-0.2, -0.15) is 0 Å². The molecule has 1 aliphatic carbocycles. The van der Waals surface area contributed by atoms with E-state index in [1.807, 2.05) is 45.1 Å². The van der Waals surface area contributed by atoms with Gasteiger partial charge < -0.3 is 34.4 Å². The normalized spacial score (nSPS) is 39.0. The Morgan fingerprint density at radius 1 is 0.891 bits per heavy atom. The zero-order valence-corrected chi connectivity index (χ0v) is 34.2. The van der Waals surface area contributed by atoms with Gasteiger partial charge in [-0.15, -0.1) is 0 Å². The highest BCUT2D eigenvalue weighted by atomic mass is 16.6. The minimum atomic E-state index is -2.37. The van der Waals surface area contributed by atoms with E-state index in [9.17, 15) is 34.5 Å². The number of ether oxygens (including phenoxy) is 3. The summed E-state index contributed by atoms with van der Waals surface area (Å²) in [5.41, 5.74) is 0.934. The number of aliphatic hydroxyl groups is 3. The number of fused-ring (bicyclic) bond motifs is 3. The van der Waals surface area contributed by atoms with E-state index in [0.717, 1.165) is 31.3 Å². The summed E-state index contributed by atoms with van der Waals surface area (Å²) in [4.78, 5) is 56.7. The number of allylic oxidation sites excluding steroid dienone is 5. The average molecular weight is 772 g/mol. The SMILES string of the molecule is CO[C@H]1C[C@@H]2CC[C@@H](C)[C@@](O)(O2)C(=O)C(=O)N2CCCC[C@H]2C(=O)OC([C@H](C)CC2CCC(O)CC2)C[C@@H](O)CC(=O)[C@H](C)CC[C@H](C)/C=C/C=C/C=C1C. The molecule has 1 amide bonds. The van der Waals surface area contributed by atoms with Gasteiger partial charge in [0.15, 0.2) is 0 Å². The highest BCUT2D eigenvalue weighted by Gasteiger charge is 2.53. The molecule has 0 aromatic heterocycles. The Morgan fingerprint density at radius 2 is 1.62 bits per heavy atom. The maximum Gasteiger partial charge on any atom is 0.329 e. The van der Waals surface area contributed by atoms with E-state index in [4.69, 9.17) is 14.2 Å². The summed E-state index contributed by atoms with van der Waals surface area (Å²) < 4.78 is 18.1. The van der Waals surface area contributed by atoms with Crippen LogP contribution in [0.25, 0.3) is 0 Å². The van der Waals surface area contributed by atoms with Crippen molar-refractivity contribution < 1.29 is 48.7 Å². The second-order valence-electron chi connectivity index (χ2n) is 17.3. The summed E-state index contributed by atoms with van der Waals surface area (Å²) in [6.07, 6.45) is 15.2. The molecular weight excluding hydrogens is 702 g/mol. The van der Waals surface area contributed by atoms with Gasteiger partial charge >= 0.3 is 5.97 Å². The van der Waals surface area contributed by atoms with Gasteiger partial charge in [0.25, 0.3) is 11.7 Å². The van der Waals surface area contributed by atoms with E-state index in [0.29, 0.717) is 63.7 Å². The van der Waals surface area contributed by atoms with E-state index < -0.39 is 53.7 Å². The Bertz CT molecular complexity index is 1380. The van der Waals surface area contributed by atoms with Crippen LogP contribution in [0.15, 0.2) is 36.0 Å². The Kier molecular flexibility index (Phi) is 17.3. The number of rotatable bonds is 4. The fourth-order valence-electron chi connectivity index (χ4n) is 8.78. The van der Waals surface area contributed by atoms with Crippen LogP contribution in [0.3, 0.4) is 0 Å². The molecular formula is C44H69NO10. The molecule has 3 N–H and O–H groups in total. The number of amides is 1. The molecule has 55 heavy (non-hydrogen) atoms. The quantitative estimate of drug-likeness (QED) is 0.223. The first kappa shape index (κ1) is 45.0. The van der Waals surface area contributed by atoms with Crippen molar-refractivity contribution in [2.24, 2.45) is 29.6 Å². The lowest BCUT2D eigenvalue weighted by Crippen LogP contribution is -2.61. The number of methoxy groups -OCH3 is 1. The summed E-state index contributed by atoms with van der Waals surface area (Å²) in [6.45, 7) is 9.77. The molecule has 3 fully saturated rings. The molecule has 0 aromatic carbocycles. The maximum absolute atomic E-state index is 14.1. The van der Waals surface area contributed by atoms with Crippen molar-refractivity contribution in [2.75, 3.05) is 13.7 Å². The third kappa shape index (κ3) is 12.6. The lowest BCUT2D eigenvalue weighted by atomic mass is 9.79. The molecule has 1 unspecified atom stereocenters.